The van der Waals surface area contributed by atoms with E-state index in [-0.39, 0.29) is 24.2 Å². The molecule has 0 radical (unpaired) electrons. The molecule has 1 aromatic heterocycles. The number of aliphatic carboxylic acids is 1. The fourth-order valence-corrected chi connectivity index (χ4v) is 1.58. The summed E-state index contributed by atoms with van der Waals surface area (Å²) in [6.07, 6.45) is 0.423. The Morgan fingerprint density at radius 1 is 1.30 bits per heavy atom. The van der Waals surface area contributed by atoms with E-state index in [0.717, 1.165) is 0 Å². The lowest BCUT2D eigenvalue weighted by molar-refractivity contribution is -0.143. The molecule has 0 bridgehead atoms. The number of nitrogens with zero attached hydrogens (tertiary/aromatic N) is 2. The van der Waals surface area contributed by atoms with Crippen molar-refractivity contribution in [3.05, 3.63) is 11.7 Å². The number of rotatable bonds is 7. The maximum atomic E-state index is 11.7. The van der Waals surface area contributed by atoms with Gasteiger partial charge in [0.1, 0.15) is 6.04 Å². The third-order valence-corrected chi connectivity index (χ3v) is 2.82. The third-order valence-electron chi connectivity index (χ3n) is 2.82. The van der Waals surface area contributed by atoms with Gasteiger partial charge in [-0.2, -0.15) is 4.98 Å². The number of carboxylic acid groups (broad SMARTS) is 1. The lowest BCUT2D eigenvalue weighted by Gasteiger charge is -2.17. The van der Waals surface area contributed by atoms with E-state index in [1.165, 1.54) is 0 Å². The van der Waals surface area contributed by atoms with Crippen molar-refractivity contribution in [2.24, 2.45) is 5.92 Å². The highest BCUT2D eigenvalue weighted by molar-refractivity contribution is 5.83. The molecule has 1 atom stereocenters. The van der Waals surface area contributed by atoms with Crippen LogP contribution in [-0.4, -0.2) is 33.2 Å². The van der Waals surface area contributed by atoms with Gasteiger partial charge >= 0.3 is 5.97 Å². The van der Waals surface area contributed by atoms with Crippen LogP contribution >= 0.6 is 0 Å². The van der Waals surface area contributed by atoms with Crippen molar-refractivity contribution in [3.8, 4) is 0 Å². The summed E-state index contributed by atoms with van der Waals surface area (Å²) in [5.41, 5.74) is 0. The standard InChI is InChI=1S/C13H21N3O4/c1-7(2)11(13(18)19)14-9(17)5-6-10-15-12(8(3)4)16-20-10/h7-8,11H,5-6H2,1-4H3,(H,14,17)(H,18,19). The SMILES string of the molecule is CC(C)c1noc(CCC(=O)NC(C(=O)O)C(C)C)n1. The summed E-state index contributed by atoms with van der Waals surface area (Å²) in [5.74, 6) is -0.388. The van der Waals surface area contributed by atoms with Crippen LogP contribution < -0.4 is 5.32 Å². The van der Waals surface area contributed by atoms with E-state index in [1.807, 2.05) is 13.8 Å². The molecular weight excluding hydrogens is 262 g/mol. The average Bonchev–Trinajstić information content (AvgIpc) is 2.81. The van der Waals surface area contributed by atoms with Gasteiger partial charge in [0.05, 0.1) is 0 Å². The van der Waals surface area contributed by atoms with Crippen molar-refractivity contribution >= 4 is 11.9 Å². The van der Waals surface area contributed by atoms with Crippen molar-refractivity contribution < 1.29 is 19.2 Å². The number of carbonyl (C=O) groups is 2. The first kappa shape index (κ1) is 16.1. The maximum absolute atomic E-state index is 11.7. The Morgan fingerprint density at radius 3 is 2.40 bits per heavy atom. The number of aryl methyl sites for hydroxylation is 1. The van der Waals surface area contributed by atoms with Gasteiger partial charge in [-0.05, 0) is 5.92 Å². The average molecular weight is 283 g/mol. The van der Waals surface area contributed by atoms with E-state index in [4.69, 9.17) is 9.63 Å². The summed E-state index contributed by atoms with van der Waals surface area (Å²) in [6, 6.07) is -0.878. The zero-order valence-electron chi connectivity index (χ0n) is 12.2. The molecule has 1 unspecified atom stereocenters. The van der Waals surface area contributed by atoms with Crippen LogP contribution in [0.1, 0.15) is 51.7 Å². The second-order valence-corrected chi connectivity index (χ2v) is 5.33. The fraction of sp³-hybridized carbons (Fsp3) is 0.692. The van der Waals surface area contributed by atoms with E-state index in [0.29, 0.717) is 18.1 Å². The van der Waals surface area contributed by atoms with Gasteiger partial charge in [-0.15, -0.1) is 0 Å². The van der Waals surface area contributed by atoms with Gasteiger partial charge < -0.3 is 14.9 Å². The lowest BCUT2D eigenvalue weighted by atomic mass is 10.0. The molecule has 0 fully saturated rings. The zero-order chi connectivity index (χ0) is 15.3. The highest BCUT2D eigenvalue weighted by Gasteiger charge is 2.23. The first-order valence-corrected chi connectivity index (χ1v) is 6.66. The van der Waals surface area contributed by atoms with Crippen LogP contribution in [-0.2, 0) is 16.0 Å². The second kappa shape index (κ2) is 7.02. The monoisotopic (exact) mass is 283 g/mol. The number of hydrogen-bond donors (Lipinski definition) is 2. The van der Waals surface area contributed by atoms with E-state index < -0.39 is 12.0 Å². The zero-order valence-corrected chi connectivity index (χ0v) is 12.2. The fourth-order valence-electron chi connectivity index (χ4n) is 1.58. The van der Waals surface area contributed by atoms with Crippen molar-refractivity contribution in [1.29, 1.82) is 0 Å². The van der Waals surface area contributed by atoms with E-state index in [1.54, 1.807) is 13.8 Å². The Bertz CT molecular complexity index is 468. The summed E-state index contributed by atoms with van der Waals surface area (Å²) >= 11 is 0. The van der Waals surface area contributed by atoms with Crippen LogP contribution in [0.5, 0.6) is 0 Å². The van der Waals surface area contributed by atoms with Gasteiger partial charge in [0.15, 0.2) is 5.82 Å². The van der Waals surface area contributed by atoms with Gasteiger partial charge in [-0.25, -0.2) is 4.79 Å². The summed E-state index contributed by atoms with van der Waals surface area (Å²) in [4.78, 5) is 26.8. The molecule has 0 spiro atoms. The lowest BCUT2D eigenvalue weighted by Crippen LogP contribution is -2.44. The van der Waals surface area contributed by atoms with Crippen LogP contribution in [0.25, 0.3) is 0 Å². The highest BCUT2D eigenvalue weighted by Crippen LogP contribution is 2.10. The molecule has 1 rings (SSSR count). The predicted molar refractivity (Wildman–Crippen MR) is 71.1 cm³/mol. The summed E-state index contributed by atoms with van der Waals surface area (Å²) in [6.45, 7) is 7.38. The van der Waals surface area contributed by atoms with Crippen LogP contribution in [0.4, 0.5) is 0 Å². The Hall–Kier alpha value is -1.92. The predicted octanol–water partition coefficient (Wildman–Crippen LogP) is 1.35. The Balaban J connectivity index is 2.48. The summed E-state index contributed by atoms with van der Waals surface area (Å²) < 4.78 is 5.02. The summed E-state index contributed by atoms with van der Waals surface area (Å²) in [7, 11) is 0. The maximum Gasteiger partial charge on any atom is 0.326 e. The first-order valence-electron chi connectivity index (χ1n) is 6.66. The minimum atomic E-state index is -1.03. The third kappa shape index (κ3) is 4.64. The number of nitrogens with one attached hydrogen (secondary N) is 1. The molecule has 1 heterocycles. The van der Waals surface area contributed by atoms with Crippen molar-refractivity contribution in [3.63, 3.8) is 0 Å². The van der Waals surface area contributed by atoms with Crippen LogP contribution in [0, 0.1) is 5.92 Å². The van der Waals surface area contributed by atoms with Gasteiger partial charge in [0.25, 0.3) is 0 Å². The Kier molecular flexibility index (Phi) is 5.66. The molecule has 1 aromatic rings. The molecule has 1 amide bonds. The minimum Gasteiger partial charge on any atom is -0.480 e. The Labute approximate surface area is 117 Å². The molecule has 20 heavy (non-hydrogen) atoms. The Morgan fingerprint density at radius 2 is 1.95 bits per heavy atom. The van der Waals surface area contributed by atoms with Crippen LogP contribution in [0.3, 0.4) is 0 Å². The number of carbonyl (C=O) groups excluding carboxylic acids is 1. The van der Waals surface area contributed by atoms with Crippen LogP contribution in [0.15, 0.2) is 4.52 Å². The number of aromatic nitrogens is 2. The molecule has 0 aliphatic rings. The first-order chi connectivity index (χ1) is 9.31. The normalized spacial score (nSPS) is 12.7. The smallest absolute Gasteiger partial charge is 0.326 e. The molecule has 0 saturated heterocycles. The van der Waals surface area contributed by atoms with Gasteiger partial charge in [0, 0.05) is 18.8 Å². The molecule has 7 nitrogen and oxygen atoms in total. The number of amides is 1. The van der Waals surface area contributed by atoms with Gasteiger partial charge in [-0.1, -0.05) is 32.9 Å². The van der Waals surface area contributed by atoms with E-state index >= 15 is 0 Å². The number of carboxylic acids is 1. The van der Waals surface area contributed by atoms with Crippen LogP contribution in [0.2, 0.25) is 0 Å². The quantitative estimate of drug-likeness (QED) is 0.782. The molecule has 2 N–H and O–H groups in total. The molecule has 0 saturated carbocycles. The topological polar surface area (TPSA) is 105 Å². The largest absolute Gasteiger partial charge is 0.480 e. The molecule has 0 aromatic carbocycles. The van der Waals surface area contributed by atoms with E-state index in [2.05, 4.69) is 15.5 Å². The van der Waals surface area contributed by atoms with Crippen molar-refractivity contribution in [2.75, 3.05) is 0 Å². The molecule has 7 heteroatoms. The van der Waals surface area contributed by atoms with Crippen molar-refractivity contribution in [2.45, 2.75) is 52.5 Å². The molecular formula is C13H21N3O4. The molecule has 112 valence electrons. The number of hydrogen-bond acceptors (Lipinski definition) is 5. The molecule has 0 aliphatic heterocycles. The minimum absolute atomic E-state index is 0.121. The van der Waals surface area contributed by atoms with E-state index in [9.17, 15) is 9.59 Å². The molecule has 0 aliphatic carbocycles. The summed E-state index contributed by atoms with van der Waals surface area (Å²) in [5, 5.41) is 15.3. The van der Waals surface area contributed by atoms with Gasteiger partial charge in [-0.3, -0.25) is 4.79 Å². The highest BCUT2D eigenvalue weighted by atomic mass is 16.5. The second-order valence-electron chi connectivity index (χ2n) is 5.33. The van der Waals surface area contributed by atoms with Gasteiger partial charge in [0.2, 0.25) is 11.8 Å². The van der Waals surface area contributed by atoms with Crippen molar-refractivity contribution in [1.82, 2.24) is 15.5 Å².